The van der Waals surface area contributed by atoms with Crippen molar-refractivity contribution in [2.45, 2.75) is 102 Å². The Morgan fingerprint density at radius 2 is 1.47 bits per heavy atom. The molecule has 3 aliphatic heterocycles. The van der Waals surface area contributed by atoms with Crippen LogP contribution in [-0.2, 0) is 19.2 Å². The summed E-state index contributed by atoms with van der Waals surface area (Å²) < 4.78 is 5.64. The summed E-state index contributed by atoms with van der Waals surface area (Å²) in [7, 11) is 0. The molecule has 0 saturated carbocycles. The molecule has 1 aromatic heterocycles. The minimum Gasteiger partial charge on any atom is -0.483 e. The number of hydrogen-bond donors (Lipinski definition) is 5. The Hall–Kier alpha value is -5.81. The maximum atomic E-state index is 13.2. The molecule has 2 aromatic carbocycles. The average molecular weight is 894 g/mol. The van der Waals surface area contributed by atoms with Gasteiger partial charge in [-0.2, -0.15) is 5.10 Å². The zero-order chi connectivity index (χ0) is 44.2. The number of piperidine rings is 2. The summed E-state index contributed by atoms with van der Waals surface area (Å²) >= 11 is 12.3. The van der Waals surface area contributed by atoms with Crippen molar-refractivity contribution in [3.05, 3.63) is 75.0 Å². The number of ether oxygens (including phenoxy) is 1. The lowest BCUT2D eigenvalue weighted by molar-refractivity contribution is -0.136. The highest BCUT2D eigenvalue weighted by molar-refractivity contribution is 6.40. The lowest BCUT2D eigenvalue weighted by atomic mass is 10.0. The van der Waals surface area contributed by atoms with Crippen LogP contribution >= 0.6 is 23.2 Å². The summed E-state index contributed by atoms with van der Waals surface area (Å²) in [6.07, 6.45) is 12.0. The highest BCUT2D eigenvalue weighted by atomic mass is 35.5. The minimum atomic E-state index is -1.09. The van der Waals surface area contributed by atoms with E-state index in [2.05, 4.69) is 31.5 Å². The molecule has 3 aromatic rings. The second-order valence-electron chi connectivity index (χ2n) is 15.5. The fourth-order valence-electron chi connectivity index (χ4n) is 7.81. The number of imide groups is 2. The van der Waals surface area contributed by atoms with E-state index in [-0.39, 0.29) is 81.2 Å². The van der Waals surface area contributed by atoms with E-state index in [1.807, 2.05) is 4.90 Å². The number of anilines is 1. The fourth-order valence-corrected chi connectivity index (χ4v) is 8.38. The molecule has 0 radical (unpaired) electrons. The smallest absolute Gasteiger partial charge is 0.271 e. The van der Waals surface area contributed by atoms with Gasteiger partial charge in [-0.05, 0) is 56.4 Å². The molecule has 62 heavy (non-hydrogen) atoms. The number of unbranched alkanes of at least 4 members (excludes halogenated alkanes) is 8. The first-order chi connectivity index (χ1) is 29.9. The van der Waals surface area contributed by atoms with Crippen LogP contribution in [0, 0.1) is 0 Å². The first-order valence-electron chi connectivity index (χ1n) is 21.0. The predicted molar refractivity (Wildman–Crippen MR) is 228 cm³/mol. The number of likely N-dealkylation sites (tertiary alicyclic amines) is 1. The Kier molecular flexibility index (Phi) is 16.1. The van der Waals surface area contributed by atoms with Crippen molar-refractivity contribution in [3.8, 4) is 5.75 Å². The summed E-state index contributed by atoms with van der Waals surface area (Å²) in [6, 6.07) is 8.00. The van der Waals surface area contributed by atoms with Crippen molar-refractivity contribution in [2.24, 2.45) is 0 Å². The standard InChI is InChI=1S/C43H50Cl2N8O9/c44-28-13-11-14-29(45)37(28)40(58)49-30-24-47-51-38(30)41(59)48-26-19-22-52(23-20-26)35(56)16-8-6-4-2-1-3-5-7-9-21-46-34(55)25-62-32-15-10-12-27-36(32)43(61)53(42(27)60)31-17-18-33(54)50-39(31)57/h10-15,24,26,31H,1-9,16-23,25H2,(H,46,55)(H,47,51)(H,48,59)(H,49,58)(H,50,54,57). The maximum Gasteiger partial charge on any atom is 0.271 e. The van der Waals surface area contributed by atoms with E-state index in [4.69, 9.17) is 27.9 Å². The number of hydrogen-bond acceptors (Lipinski definition) is 10. The number of halogens is 2. The number of aromatic nitrogens is 2. The summed E-state index contributed by atoms with van der Waals surface area (Å²) in [5.74, 6) is -3.64. The van der Waals surface area contributed by atoms with Gasteiger partial charge in [-0.25, -0.2) is 0 Å². The van der Waals surface area contributed by atoms with Gasteiger partial charge in [0, 0.05) is 38.5 Å². The molecular weight excluding hydrogens is 843 g/mol. The SMILES string of the molecule is O=C(COc1cccc2c1C(=O)N(C1CCC(=O)NC1=O)C2=O)NCCCCCCCCCCCC(=O)N1CCC(NC(=O)c2[nH]ncc2NC(=O)c2c(Cl)cccc2Cl)CC1. The first kappa shape index (κ1) is 45.7. The normalized spacial score (nSPS) is 16.5. The van der Waals surface area contributed by atoms with Crippen molar-refractivity contribution in [1.29, 1.82) is 0 Å². The largest absolute Gasteiger partial charge is 0.483 e. The molecule has 8 amide bonds. The molecule has 0 aliphatic carbocycles. The summed E-state index contributed by atoms with van der Waals surface area (Å²) in [5.41, 5.74) is 0.471. The number of carbonyl (C=O) groups excluding carboxylic acids is 8. The fraction of sp³-hybridized carbons (Fsp3) is 0.465. The predicted octanol–water partition coefficient (Wildman–Crippen LogP) is 5.19. The molecule has 0 spiro atoms. The minimum absolute atomic E-state index is 0.00286. The van der Waals surface area contributed by atoms with Gasteiger partial charge in [0.05, 0.1) is 38.6 Å². The molecule has 330 valence electrons. The second kappa shape index (κ2) is 21.8. The summed E-state index contributed by atoms with van der Waals surface area (Å²) in [4.78, 5) is 104. The number of nitrogens with one attached hydrogen (secondary N) is 5. The van der Waals surface area contributed by atoms with Gasteiger partial charge in [0.15, 0.2) is 6.61 Å². The summed E-state index contributed by atoms with van der Waals surface area (Å²) in [6.45, 7) is 1.23. The Bertz CT molecular complexity index is 2170. The monoisotopic (exact) mass is 892 g/mol. The highest BCUT2D eigenvalue weighted by Gasteiger charge is 2.46. The van der Waals surface area contributed by atoms with Crippen molar-refractivity contribution in [3.63, 3.8) is 0 Å². The molecule has 4 heterocycles. The van der Waals surface area contributed by atoms with E-state index in [1.165, 1.54) is 18.3 Å². The lowest BCUT2D eigenvalue weighted by Crippen LogP contribution is -2.54. The molecule has 1 unspecified atom stereocenters. The van der Waals surface area contributed by atoms with Crippen LogP contribution in [0.3, 0.4) is 0 Å². The van der Waals surface area contributed by atoms with Crippen LogP contribution < -0.4 is 26.0 Å². The quantitative estimate of drug-likeness (QED) is 0.0737. The number of amides is 8. The Labute approximate surface area is 368 Å². The Morgan fingerprint density at radius 1 is 0.806 bits per heavy atom. The highest BCUT2D eigenvalue weighted by Crippen LogP contribution is 2.34. The average Bonchev–Trinajstić information content (AvgIpc) is 3.81. The molecule has 2 saturated heterocycles. The van der Waals surface area contributed by atoms with Crippen LogP contribution in [0.15, 0.2) is 42.6 Å². The van der Waals surface area contributed by atoms with Crippen LogP contribution in [0.1, 0.15) is 131 Å². The van der Waals surface area contributed by atoms with Crippen molar-refractivity contribution >= 4 is 76.1 Å². The third kappa shape index (κ3) is 11.6. The van der Waals surface area contributed by atoms with Gasteiger partial charge >= 0.3 is 0 Å². The van der Waals surface area contributed by atoms with Crippen molar-refractivity contribution in [2.75, 3.05) is 31.6 Å². The van der Waals surface area contributed by atoms with Crippen molar-refractivity contribution in [1.82, 2.24) is 35.9 Å². The van der Waals surface area contributed by atoms with Crippen LogP contribution in [0.5, 0.6) is 5.75 Å². The van der Waals surface area contributed by atoms with Crippen LogP contribution in [0.4, 0.5) is 5.69 Å². The van der Waals surface area contributed by atoms with Gasteiger partial charge in [0.2, 0.25) is 17.7 Å². The molecule has 5 N–H and O–H groups in total. The first-order valence-corrected chi connectivity index (χ1v) is 21.8. The topological polar surface area (TPSA) is 229 Å². The van der Waals surface area contributed by atoms with Gasteiger partial charge in [0.25, 0.3) is 29.5 Å². The van der Waals surface area contributed by atoms with Gasteiger partial charge in [-0.1, -0.05) is 80.3 Å². The number of benzene rings is 2. The second-order valence-corrected chi connectivity index (χ2v) is 16.3. The number of nitrogens with zero attached hydrogens (tertiary/aromatic N) is 3. The number of aromatic amines is 1. The van der Waals surface area contributed by atoms with E-state index >= 15 is 0 Å². The van der Waals surface area contributed by atoms with Gasteiger partial charge < -0.3 is 25.6 Å². The molecular formula is C43H50Cl2N8O9. The van der Waals surface area contributed by atoms with E-state index in [1.54, 1.807) is 24.3 Å². The Morgan fingerprint density at radius 3 is 2.16 bits per heavy atom. The van der Waals surface area contributed by atoms with Crippen LogP contribution in [0.25, 0.3) is 0 Å². The molecule has 2 fully saturated rings. The summed E-state index contributed by atoms with van der Waals surface area (Å²) in [5, 5.41) is 17.5. The number of H-pyrrole nitrogens is 1. The van der Waals surface area contributed by atoms with Crippen LogP contribution in [-0.4, -0.2) is 106 Å². The molecule has 6 rings (SSSR count). The molecule has 17 nitrogen and oxygen atoms in total. The van der Waals surface area contributed by atoms with E-state index in [0.29, 0.717) is 38.9 Å². The molecule has 0 bridgehead atoms. The Balaban J connectivity index is 0.767. The molecule has 19 heteroatoms. The number of carbonyl (C=O) groups is 8. The third-order valence-corrected chi connectivity index (χ3v) is 11.8. The number of rotatable bonds is 20. The maximum absolute atomic E-state index is 13.2. The zero-order valence-electron chi connectivity index (χ0n) is 34.2. The van der Waals surface area contributed by atoms with E-state index in [0.717, 1.165) is 62.7 Å². The van der Waals surface area contributed by atoms with Gasteiger partial charge in [0.1, 0.15) is 17.5 Å². The van der Waals surface area contributed by atoms with Gasteiger partial charge in [-0.15, -0.1) is 0 Å². The zero-order valence-corrected chi connectivity index (χ0v) is 35.7. The lowest BCUT2D eigenvalue weighted by Gasteiger charge is -2.32. The van der Waals surface area contributed by atoms with E-state index in [9.17, 15) is 38.4 Å². The van der Waals surface area contributed by atoms with E-state index < -0.39 is 41.5 Å². The van der Waals surface area contributed by atoms with Crippen molar-refractivity contribution < 1.29 is 43.1 Å². The molecule has 3 aliphatic rings. The van der Waals surface area contributed by atoms with Crippen LogP contribution in [0.2, 0.25) is 10.0 Å². The number of fused-ring (bicyclic) bond motifs is 1. The molecule has 1 atom stereocenters. The third-order valence-electron chi connectivity index (χ3n) is 11.2. The van der Waals surface area contributed by atoms with Gasteiger partial charge in [-0.3, -0.25) is 53.7 Å².